The van der Waals surface area contributed by atoms with Gasteiger partial charge < -0.3 is 14.4 Å². The molecule has 0 aromatic heterocycles. The summed E-state index contributed by atoms with van der Waals surface area (Å²) in [6.07, 6.45) is 0.397. The molecule has 0 aliphatic heterocycles. The van der Waals surface area contributed by atoms with Gasteiger partial charge >= 0.3 is 0 Å². The lowest BCUT2D eigenvalue weighted by molar-refractivity contribution is -0.130. The van der Waals surface area contributed by atoms with E-state index in [1.807, 2.05) is 37.3 Å². The molecule has 2 rings (SSSR count). The second kappa shape index (κ2) is 9.04. The first kappa shape index (κ1) is 19.5. The summed E-state index contributed by atoms with van der Waals surface area (Å²) in [4.78, 5) is 26.2. The van der Waals surface area contributed by atoms with Crippen molar-refractivity contribution in [2.24, 2.45) is 0 Å². The molecule has 0 aliphatic rings. The summed E-state index contributed by atoms with van der Waals surface area (Å²) in [6, 6.07) is 12.8. The van der Waals surface area contributed by atoms with Crippen LogP contribution in [0.3, 0.4) is 0 Å². The Labute approximate surface area is 154 Å². The third-order valence-corrected chi connectivity index (χ3v) is 4.34. The van der Waals surface area contributed by atoms with Crippen LogP contribution in [0.4, 0.5) is 0 Å². The second-order valence-electron chi connectivity index (χ2n) is 6.17. The van der Waals surface area contributed by atoms with Crippen LogP contribution in [0.5, 0.6) is 11.5 Å². The molecule has 0 radical (unpaired) electrons. The number of carbonyl (C=O) groups excluding carboxylic acids is 2. The number of nitrogens with zero attached hydrogens (tertiary/aromatic N) is 1. The highest BCUT2D eigenvalue weighted by molar-refractivity contribution is 5.97. The molecule has 0 N–H and O–H groups in total. The van der Waals surface area contributed by atoms with E-state index in [1.54, 1.807) is 38.3 Å². The van der Waals surface area contributed by atoms with Crippen LogP contribution >= 0.6 is 0 Å². The largest absolute Gasteiger partial charge is 0.493 e. The average molecular weight is 355 g/mol. The van der Waals surface area contributed by atoms with Crippen LogP contribution in [0.1, 0.15) is 34.3 Å². The van der Waals surface area contributed by atoms with Crippen molar-refractivity contribution in [2.75, 3.05) is 21.3 Å². The predicted octanol–water partition coefficient (Wildman–Crippen LogP) is 3.63. The van der Waals surface area contributed by atoms with Crippen LogP contribution in [0.25, 0.3) is 0 Å². The van der Waals surface area contributed by atoms with E-state index in [1.165, 1.54) is 0 Å². The maximum Gasteiger partial charge on any atom is 0.223 e. The van der Waals surface area contributed by atoms with E-state index in [-0.39, 0.29) is 24.5 Å². The molecular weight excluding hydrogens is 330 g/mol. The van der Waals surface area contributed by atoms with E-state index in [2.05, 4.69) is 0 Å². The Balaban J connectivity index is 1.98. The van der Waals surface area contributed by atoms with Gasteiger partial charge in [0, 0.05) is 32.0 Å². The average Bonchev–Trinajstić information content (AvgIpc) is 2.67. The van der Waals surface area contributed by atoms with Crippen LogP contribution in [-0.2, 0) is 11.3 Å². The summed E-state index contributed by atoms with van der Waals surface area (Å²) in [5.74, 6) is 1.21. The molecule has 2 aromatic rings. The van der Waals surface area contributed by atoms with E-state index >= 15 is 0 Å². The van der Waals surface area contributed by atoms with Crippen molar-refractivity contribution in [1.82, 2.24) is 4.90 Å². The lowest BCUT2D eigenvalue weighted by Gasteiger charge is -2.20. The third-order valence-electron chi connectivity index (χ3n) is 4.34. The number of Topliss-reactive ketones (excluding diaryl/α,β-unsaturated/α-hetero) is 1. The molecule has 138 valence electrons. The standard InChI is InChI=1S/C21H25NO4/c1-15-12-19(25-3)20(26-4)13-17(15)14-22(2)21(24)11-10-18(23)16-8-6-5-7-9-16/h5-9,12-13H,10-11,14H2,1-4H3. The first-order chi connectivity index (χ1) is 12.5. The number of ether oxygens (including phenoxy) is 2. The topological polar surface area (TPSA) is 55.8 Å². The molecule has 0 heterocycles. The van der Waals surface area contributed by atoms with E-state index in [0.29, 0.717) is 23.6 Å². The Hall–Kier alpha value is -2.82. The van der Waals surface area contributed by atoms with Crippen LogP contribution < -0.4 is 9.47 Å². The SMILES string of the molecule is COc1cc(C)c(CN(C)C(=O)CCC(=O)c2ccccc2)cc1OC. The number of carbonyl (C=O) groups is 2. The van der Waals surface area contributed by atoms with Gasteiger partial charge in [0.2, 0.25) is 5.91 Å². The monoisotopic (exact) mass is 355 g/mol. The van der Waals surface area contributed by atoms with Gasteiger partial charge in [0.15, 0.2) is 17.3 Å². The minimum Gasteiger partial charge on any atom is -0.493 e. The summed E-state index contributed by atoms with van der Waals surface area (Å²) in [5, 5.41) is 0. The summed E-state index contributed by atoms with van der Waals surface area (Å²) < 4.78 is 10.6. The van der Waals surface area contributed by atoms with Crippen molar-refractivity contribution in [2.45, 2.75) is 26.3 Å². The van der Waals surface area contributed by atoms with Crippen molar-refractivity contribution in [3.8, 4) is 11.5 Å². The normalized spacial score (nSPS) is 10.3. The predicted molar refractivity (Wildman–Crippen MR) is 101 cm³/mol. The Kier molecular flexibility index (Phi) is 6.78. The molecule has 5 heteroatoms. The fraction of sp³-hybridized carbons (Fsp3) is 0.333. The fourth-order valence-electron chi connectivity index (χ4n) is 2.72. The fourth-order valence-corrected chi connectivity index (χ4v) is 2.72. The van der Waals surface area contributed by atoms with Crippen molar-refractivity contribution in [3.05, 3.63) is 59.2 Å². The van der Waals surface area contributed by atoms with Gasteiger partial charge in [-0.1, -0.05) is 30.3 Å². The van der Waals surface area contributed by atoms with Crippen molar-refractivity contribution in [1.29, 1.82) is 0 Å². The molecule has 0 unspecified atom stereocenters. The lowest BCUT2D eigenvalue weighted by Crippen LogP contribution is -2.27. The van der Waals surface area contributed by atoms with Gasteiger partial charge in [-0.25, -0.2) is 0 Å². The quantitative estimate of drug-likeness (QED) is 0.679. The number of ketones is 1. The van der Waals surface area contributed by atoms with E-state index in [9.17, 15) is 9.59 Å². The van der Waals surface area contributed by atoms with Crippen molar-refractivity contribution in [3.63, 3.8) is 0 Å². The highest BCUT2D eigenvalue weighted by Gasteiger charge is 2.15. The molecule has 0 spiro atoms. The highest BCUT2D eigenvalue weighted by Crippen LogP contribution is 2.30. The number of hydrogen-bond donors (Lipinski definition) is 0. The lowest BCUT2D eigenvalue weighted by atomic mass is 10.1. The van der Waals surface area contributed by atoms with Crippen molar-refractivity contribution >= 4 is 11.7 Å². The molecule has 2 aromatic carbocycles. The molecule has 5 nitrogen and oxygen atoms in total. The maximum absolute atomic E-state index is 12.4. The molecule has 0 bridgehead atoms. The first-order valence-corrected chi connectivity index (χ1v) is 8.50. The maximum atomic E-state index is 12.4. The number of rotatable bonds is 8. The van der Waals surface area contributed by atoms with Gasteiger partial charge in [-0.15, -0.1) is 0 Å². The Morgan fingerprint density at radius 2 is 1.58 bits per heavy atom. The van der Waals surface area contributed by atoms with Gasteiger partial charge in [-0.2, -0.15) is 0 Å². The molecule has 0 saturated heterocycles. The van der Waals surface area contributed by atoms with Crippen LogP contribution in [-0.4, -0.2) is 37.9 Å². The number of methoxy groups -OCH3 is 2. The van der Waals surface area contributed by atoms with Crippen molar-refractivity contribution < 1.29 is 19.1 Å². The highest BCUT2D eigenvalue weighted by atomic mass is 16.5. The molecule has 0 fully saturated rings. The zero-order valence-corrected chi connectivity index (χ0v) is 15.7. The van der Waals surface area contributed by atoms with E-state index in [4.69, 9.17) is 9.47 Å². The van der Waals surface area contributed by atoms with Gasteiger partial charge in [0.1, 0.15) is 0 Å². The van der Waals surface area contributed by atoms with Crippen LogP contribution in [0, 0.1) is 6.92 Å². The smallest absolute Gasteiger partial charge is 0.223 e. The Morgan fingerprint density at radius 3 is 2.19 bits per heavy atom. The van der Waals surface area contributed by atoms with Crippen LogP contribution in [0.2, 0.25) is 0 Å². The minimum absolute atomic E-state index is 0.0188. The summed E-state index contributed by atoms with van der Waals surface area (Å²) in [5.41, 5.74) is 2.63. The molecular formula is C21H25NO4. The summed E-state index contributed by atoms with van der Waals surface area (Å²) >= 11 is 0. The number of amides is 1. The van der Waals surface area contributed by atoms with Gasteiger partial charge in [0.25, 0.3) is 0 Å². The van der Waals surface area contributed by atoms with E-state index < -0.39 is 0 Å². The summed E-state index contributed by atoms with van der Waals surface area (Å²) in [7, 11) is 4.92. The Morgan fingerprint density at radius 1 is 0.962 bits per heavy atom. The number of aryl methyl sites for hydroxylation is 1. The molecule has 0 saturated carbocycles. The minimum atomic E-state index is -0.0662. The summed E-state index contributed by atoms with van der Waals surface area (Å²) in [6.45, 7) is 2.42. The van der Waals surface area contributed by atoms with Gasteiger partial charge in [-0.05, 0) is 30.2 Å². The van der Waals surface area contributed by atoms with Gasteiger partial charge in [0.05, 0.1) is 14.2 Å². The number of benzene rings is 2. The molecule has 1 amide bonds. The zero-order valence-electron chi connectivity index (χ0n) is 15.7. The van der Waals surface area contributed by atoms with Crippen LogP contribution in [0.15, 0.2) is 42.5 Å². The third kappa shape index (κ3) is 4.85. The Bertz CT molecular complexity index is 771. The van der Waals surface area contributed by atoms with E-state index in [0.717, 1.165) is 11.1 Å². The number of hydrogen-bond acceptors (Lipinski definition) is 4. The van der Waals surface area contributed by atoms with Gasteiger partial charge in [-0.3, -0.25) is 9.59 Å². The second-order valence-corrected chi connectivity index (χ2v) is 6.17. The first-order valence-electron chi connectivity index (χ1n) is 8.50. The molecule has 0 atom stereocenters. The molecule has 0 aliphatic carbocycles. The zero-order chi connectivity index (χ0) is 19.1. The molecule has 26 heavy (non-hydrogen) atoms.